The van der Waals surface area contributed by atoms with Crippen LogP contribution in [-0.4, -0.2) is 45.2 Å². The Morgan fingerprint density at radius 2 is 2.05 bits per heavy atom. The lowest BCUT2D eigenvalue weighted by molar-refractivity contribution is -0.384. The summed E-state index contributed by atoms with van der Waals surface area (Å²) in [6.07, 6.45) is 0. The summed E-state index contributed by atoms with van der Waals surface area (Å²) in [5.74, 6) is -0.779. The van der Waals surface area contributed by atoms with Gasteiger partial charge in [-0.25, -0.2) is 0 Å². The Labute approximate surface area is 115 Å². The fraction of sp³-hybridized carbons (Fsp3) is 0.364. The molecule has 108 valence electrons. The molecule has 1 amide bonds. The van der Waals surface area contributed by atoms with Gasteiger partial charge >= 0.3 is 7.12 Å². The van der Waals surface area contributed by atoms with Gasteiger partial charge in [0.2, 0.25) is 0 Å². The van der Waals surface area contributed by atoms with Gasteiger partial charge in [0.15, 0.2) is 0 Å². The zero-order chi connectivity index (χ0) is 15.5. The molecule has 0 aliphatic rings. The minimum Gasteiger partial charge on any atom is -0.423 e. The molecule has 0 aliphatic heterocycles. The monoisotopic (exact) mass is 282 g/mol. The number of aliphatic hydroxyl groups excluding tert-OH is 1. The van der Waals surface area contributed by atoms with Crippen molar-refractivity contribution in [1.29, 1.82) is 0 Å². The van der Waals surface area contributed by atoms with Crippen molar-refractivity contribution in [3.05, 3.63) is 33.9 Å². The van der Waals surface area contributed by atoms with Gasteiger partial charge in [-0.3, -0.25) is 14.9 Å². The van der Waals surface area contributed by atoms with Crippen LogP contribution in [0.1, 0.15) is 24.2 Å². The standard InChI is InChI=1S/C11H15BN2O6/c1-11(2,6-15)13-10(16)7-4-3-5-8(12(17)18)9(7)14(19)20/h3-5,15,17-18H,6H2,1-2H3,(H,13,16). The molecule has 0 saturated carbocycles. The second kappa shape index (κ2) is 5.99. The predicted octanol–water partition coefficient (Wildman–Crippen LogP) is -1.22. The van der Waals surface area contributed by atoms with E-state index in [1.807, 2.05) is 0 Å². The number of benzene rings is 1. The van der Waals surface area contributed by atoms with E-state index >= 15 is 0 Å². The molecule has 1 rings (SSSR count). The van der Waals surface area contributed by atoms with Crippen molar-refractivity contribution in [3.8, 4) is 0 Å². The van der Waals surface area contributed by atoms with E-state index in [1.165, 1.54) is 12.1 Å². The predicted molar refractivity (Wildman–Crippen MR) is 71.6 cm³/mol. The van der Waals surface area contributed by atoms with Crippen molar-refractivity contribution in [2.45, 2.75) is 19.4 Å². The molecule has 0 spiro atoms. The molecule has 0 fully saturated rings. The summed E-state index contributed by atoms with van der Waals surface area (Å²) in [6.45, 7) is 2.73. The van der Waals surface area contributed by atoms with Gasteiger partial charge in [-0.2, -0.15) is 0 Å². The third-order valence-corrected chi connectivity index (χ3v) is 2.62. The molecule has 0 aliphatic carbocycles. The molecular formula is C11H15BN2O6. The molecule has 0 unspecified atom stereocenters. The fourth-order valence-corrected chi connectivity index (χ4v) is 1.57. The number of nitrogens with one attached hydrogen (secondary N) is 1. The number of rotatable bonds is 5. The van der Waals surface area contributed by atoms with Crippen molar-refractivity contribution in [2.75, 3.05) is 6.61 Å². The van der Waals surface area contributed by atoms with E-state index in [2.05, 4.69) is 5.32 Å². The normalized spacial score (nSPS) is 11.1. The summed E-state index contributed by atoms with van der Waals surface area (Å²) >= 11 is 0. The Morgan fingerprint density at radius 1 is 1.45 bits per heavy atom. The average Bonchev–Trinajstić information content (AvgIpc) is 2.37. The van der Waals surface area contributed by atoms with Gasteiger partial charge in [-0.15, -0.1) is 0 Å². The van der Waals surface area contributed by atoms with Crippen LogP contribution in [0.15, 0.2) is 18.2 Å². The summed E-state index contributed by atoms with van der Waals surface area (Å²) in [5, 5.41) is 40.8. The molecule has 1 aromatic carbocycles. The van der Waals surface area contributed by atoms with E-state index in [1.54, 1.807) is 13.8 Å². The molecule has 0 atom stereocenters. The van der Waals surface area contributed by atoms with Crippen LogP contribution in [-0.2, 0) is 0 Å². The molecule has 1 aromatic rings. The Hall–Kier alpha value is -1.97. The van der Waals surface area contributed by atoms with Gasteiger partial charge in [0.25, 0.3) is 11.6 Å². The number of amides is 1. The van der Waals surface area contributed by atoms with Gasteiger partial charge in [0.05, 0.1) is 22.5 Å². The van der Waals surface area contributed by atoms with Crippen LogP contribution in [0.25, 0.3) is 0 Å². The van der Waals surface area contributed by atoms with Crippen molar-refractivity contribution in [3.63, 3.8) is 0 Å². The third kappa shape index (κ3) is 3.53. The minimum atomic E-state index is -2.06. The number of nitrogens with zero attached hydrogens (tertiary/aromatic N) is 1. The number of carbonyl (C=O) groups is 1. The third-order valence-electron chi connectivity index (χ3n) is 2.62. The highest BCUT2D eigenvalue weighted by Gasteiger charge is 2.31. The first-order valence-electron chi connectivity index (χ1n) is 5.76. The summed E-state index contributed by atoms with van der Waals surface area (Å²) in [4.78, 5) is 22.2. The van der Waals surface area contributed by atoms with Crippen molar-refractivity contribution >= 4 is 24.2 Å². The van der Waals surface area contributed by atoms with Crippen LogP contribution in [0.5, 0.6) is 0 Å². The van der Waals surface area contributed by atoms with Crippen LogP contribution in [0.3, 0.4) is 0 Å². The van der Waals surface area contributed by atoms with Crippen LogP contribution in [0.4, 0.5) is 5.69 Å². The molecule has 0 heterocycles. The maximum Gasteiger partial charge on any atom is 0.495 e. The summed E-state index contributed by atoms with van der Waals surface area (Å²) < 4.78 is 0. The zero-order valence-electron chi connectivity index (χ0n) is 11.0. The first kappa shape index (κ1) is 16.1. The molecule has 4 N–H and O–H groups in total. The number of nitro benzene ring substituents is 1. The number of aliphatic hydroxyl groups is 1. The van der Waals surface area contributed by atoms with E-state index < -0.39 is 29.2 Å². The number of hydrogen-bond donors (Lipinski definition) is 4. The zero-order valence-corrected chi connectivity index (χ0v) is 11.0. The summed E-state index contributed by atoms with van der Waals surface area (Å²) in [5.41, 5.74) is -2.31. The van der Waals surface area contributed by atoms with Crippen LogP contribution < -0.4 is 10.8 Å². The molecule has 0 saturated heterocycles. The van der Waals surface area contributed by atoms with Crippen molar-refractivity contribution < 1.29 is 24.9 Å². The van der Waals surface area contributed by atoms with Crippen molar-refractivity contribution in [1.82, 2.24) is 5.32 Å². The van der Waals surface area contributed by atoms with Gasteiger partial charge in [0.1, 0.15) is 5.56 Å². The molecule has 8 nitrogen and oxygen atoms in total. The highest BCUT2D eigenvalue weighted by molar-refractivity contribution is 6.60. The first-order chi connectivity index (χ1) is 9.19. The lowest BCUT2D eigenvalue weighted by Crippen LogP contribution is -2.46. The van der Waals surface area contributed by atoms with Crippen LogP contribution in [0.2, 0.25) is 0 Å². The van der Waals surface area contributed by atoms with E-state index in [0.29, 0.717) is 0 Å². The maximum absolute atomic E-state index is 12.0. The highest BCUT2D eigenvalue weighted by atomic mass is 16.6. The molecule has 0 aromatic heterocycles. The van der Waals surface area contributed by atoms with E-state index in [-0.39, 0.29) is 17.6 Å². The van der Waals surface area contributed by atoms with Crippen LogP contribution >= 0.6 is 0 Å². The average molecular weight is 282 g/mol. The second-order valence-electron chi connectivity index (χ2n) is 4.87. The quantitative estimate of drug-likeness (QED) is 0.304. The van der Waals surface area contributed by atoms with Crippen LogP contribution in [0, 0.1) is 10.1 Å². The number of nitro groups is 1. The number of hydrogen-bond acceptors (Lipinski definition) is 6. The Kier molecular flexibility index (Phi) is 4.82. The second-order valence-corrected chi connectivity index (χ2v) is 4.87. The van der Waals surface area contributed by atoms with Crippen molar-refractivity contribution in [2.24, 2.45) is 0 Å². The maximum atomic E-state index is 12.0. The first-order valence-corrected chi connectivity index (χ1v) is 5.76. The Bertz CT molecular complexity index is 532. The highest BCUT2D eigenvalue weighted by Crippen LogP contribution is 2.17. The summed E-state index contributed by atoms with van der Waals surface area (Å²) in [7, 11) is -2.06. The van der Waals surface area contributed by atoms with Gasteiger partial charge < -0.3 is 20.5 Å². The van der Waals surface area contributed by atoms with Gasteiger partial charge in [-0.05, 0) is 19.9 Å². The topological polar surface area (TPSA) is 133 Å². The molecule has 0 bridgehead atoms. The Morgan fingerprint density at radius 3 is 2.50 bits per heavy atom. The lowest BCUT2D eigenvalue weighted by atomic mass is 9.78. The number of carbonyl (C=O) groups excluding carboxylic acids is 1. The summed E-state index contributed by atoms with van der Waals surface area (Å²) in [6, 6.07) is 3.66. The molecule has 20 heavy (non-hydrogen) atoms. The molecule has 0 radical (unpaired) electrons. The van der Waals surface area contributed by atoms with Gasteiger partial charge in [0, 0.05) is 0 Å². The fourth-order valence-electron chi connectivity index (χ4n) is 1.57. The van der Waals surface area contributed by atoms with E-state index in [4.69, 9.17) is 15.2 Å². The SMILES string of the molecule is CC(C)(CO)NC(=O)c1cccc(B(O)O)c1[N+](=O)[O-]. The smallest absolute Gasteiger partial charge is 0.423 e. The van der Waals surface area contributed by atoms with E-state index in [0.717, 1.165) is 6.07 Å². The molecule has 9 heteroatoms. The number of para-hydroxylation sites is 1. The van der Waals surface area contributed by atoms with E-state index in [9.17, 15) is 14.9 Å². The minimum absolute atomic E-state index is 0.304. The lowest BCUT2D eigenvalue weighted by Gasteiger charge is -2.23. The van der Waals surface area contributed by atoms with Gasteiger partial charge in [-0.1, -0.05) is 12.1 Å². The molecular weight excluding hydrogens is 267 g/mol. The Balaban J connectivity index is 3.28. The largest absolute Gasteiger partial charge is 0.495 e.